The van der Waals surface area contributed by atoms with Crippen LogP contribution in [0.4, 0.5) is 10.5 Å². The van der Waals surface area contributed by atoms with E-state index in [-0.39, 0.29) is 0 Å². The lowest BCUT2D eigenvalue weighted by atomic mass is 10.1. The van der Waals surface area contributed by atoms with Crippen molar-refractivity contribution in [1.29, 1.82) is 0 Å². The van der Waals surface area contributed by atoms with E-state index in [9.17, 15) is 4.79 Å². The quantitative estimate of drug-likeness (QED) is 0.807. The summed E-state index contributed by atoms with van der Waals surface area (Å²) in [5.74, 6) is 0. The monoisotopic (exact) mass is 291 g/mol. The Bertz CT molecular complexity index is 325. The van der Waals surface area contributed by atoms with E-state index in [1.165, 1.54) is 0 Å². The summed E-state index contributed by atoms with van der Waals surface area (Å²) in [5.41, 5.74) is 3.00. The normalized spacial score (nSPS) is 9.46. The van der Waals surface area contributed by atoms with Crippen molar-refractivity contribution < 1.29 is 7.86 Å². The highest BCUT2D eigenvalue weighted by Crippen LogP contribution is 2.18. The Labute approximate surface area is 91.2 Å². The van der Waals surface area contributed by atoms with Crippen molar-refractivity contribution in [3.8, 4) is 0 Å². The largest absolute Gasteiger partial charge is 0.421 e. The maximum atomic E-state index is 10.9. The second-order valence-corrected chi connectivity index (χ2v) is 3.18. The van der Waals surface area contributed by atoms with Crippen LogP contribution in [0.5, 0.6) is 0 Å². The molecule has 0 aliphatic rings. The van der Waals surface area contributed by atoms with Crippen LogP contribution in [0.15, 0.2) is 18.2 Å². The van der Waals surface area contributed by atoms with E-state index in [0.29, 0.717) is 0 Å². The molecule has 0 aliphatic heterocycles. The zero-order valence-electron chi connectivity index (χ0n) is 7.43. The molecule has 0 saturated carbocycles. The summed E-state index contributed by atoms with van der Waals surface area (Å²) in [7, 11) is 0. The first-order chi connectivity index (χ1) is 6.15. The molecule has 0 aromatic heterocycles. The van der Waals surface area contributed by atoms with Gasteiger partial charge in [-0.05, 0) is 31.0 Å². The highest BCUT2D eigenvalue weighted by atomic mass is 127. The minimum atomic E-state index is -0.450. The molecule has 0 spiro atoms. The summed E-state index contributed by atoms with van der Waals surface area (Å²) >= 11 is 1.55. The molecule has 70 valence electrons. The molecule has 1 aromatic rings. The molecule has 0 atom stereocenters. The van der Waals surface area contributed by atoms with Gasteiger partial charge in [0.2, 0.25) is 0 Å². The molecule has 1 rings (SSSR count). The maximum Gasteiger partial charge on any atom is 0.421 e. The zero-order valence-corrected chi connectivity index (χ0v) is 9.58. The third-order valence-electron chi connectivity index (χ3n) is 1.91. The summed E-state index contributed by atoms with van der Waals surface area (Å²) in [6.45, 7) is 3.95. The summed E-state index contributed by atoms with van der Waals surface area (Å²) in [4.78, 5) is 10.9. The Kier molecular flexibility index (Phi) is 3.53. The third-order valence-corrected chi connectivity index (χ3v) is 2.31. The van der Waals surface area contributed by atoms with E-state index in [4.69, 9.17) is 0 Å². The van der Waals surface area contributed by atoms with Crippen LogP contribution in [-0.2, 0) is 3.07 Å². The smallest absolute Gasteiger partial charge is 0.378 e. The fraction of sp³-hybridized carbons (Fsp3) is 0.222. The standard InChI is InChI=1S/C9H10INO2/c1-6-4-3-5-8(7(6)2)11-9(12)13-10/h3-5H,1-2H3,(H,11,12). The third kappa shape index (κ3) is 2.58. The van der Waals surface area contributed by atoms with Crippen molar-refractivity contribution in [3.63, 3.8) is 0 Å². The van der Waals surface area contributed by atoms with Crippen LogP contribution in [0, 0.1) is 13.8 Å². The number of amides is 1. The van der Waals surface area contributed by atoms with E-state index in [1.54, 1.807) is 23.0 Å². The van der Waals surface area contributed by atoms with E-state index in [1.807, 2.05) is 32.0 Å². The lowest BCUT2D eigenvalue weighted by Crippen LogP contribution is -2.09. The molecule has 13 heavy (non-hydrogen) atoms. The van der Waals surface area contributed by atoms with Gasteiger partial charge in [-0.15, -0.1) is 0 Å². The predicted octanol–water partition coefficient (Wildman–Crippen LogP) is 3.20. The summed E-state index contributed by atoms with van der Waals surface area (Å²) in [6.07, 6.45) is -0.450. The van der Waals surface area contributed by atoms with E-state index >= 15 is 0 Å². The van der Waals surface area contributed by atoms with Gasteiger partial charge in [-0.3, -0.25) is 5.32 Å². The van der Waals surface area contributed by atoms with Gasteiger partial charge < -0.3 is 3.07 Å². The molecule has 1 amide bonds. The van der Waals surface area contributed by atoms with Crippen LogP contribution >= 0.6 is 23.0 Å². The fourth-order valence-electron chi connectivity index (χ4n) is 1.02. The molecule has 0 unspecified atom stereocenters. The average Bonchev–Trinajstić information content (AvgIpc) is 2.13. The number of carbonyl (C=O) groups excluding carboxylic acids is 1. The van der Waals surface area contributed by atoms with Crippen molar-refractivity contribution in [1.82, 2.24) is 0 Å². The van der Waals surface area contributed by atoms with Crippen LogP contribution in [0.3, 0.4) is 0 Å². The van der Waals surface area contributed by atoms with Crippen molar-refractivity contribution in [2.75, 3.05) is 5.32 Å². The first-order valence-electron chi connectivity index (χ1n) is 3.81. The zero-order chi connectivity index (χ0) is 9.84. The molecule has 1 aromatic carbocycles. The number of benzene rings is 1. The molecular formula is C9H10INO2. The van der Waals surface area contributed by atoms with Gasteiger partial charge in [0.1, 0.15) is 0 Å². The number of halogens is 1. The molecule has 0 fully saturated rings. The van der Waals surface area contributed by atoms with Crippen molar-refractivity contribution in [3.05, 3.63) is 29.3 Å². The lowest BCUT2D eigenvalue weighted by molar-refractivity contribution is 0.228. The minimum Gasteiger partial charge on any atom is -0.378 e. The maximum absolute atomic E-state index is 10.9. The number of hydrogen-bond donors (Lipinski definition) is 1. The van der Waals surface area contributed by atoms with E-state index in [0.717, 1.165) is 16.8 Å². The Hall–Kier alpha value is -0.780. The van der Waals surface area contributed by atoms with Crippen molar-refractivity contribution >= 4 is 34.8 Å². The van der Waals surface area contributed by atoms with E-state index < -0.39 is 6.09 Å². The Morgan fingerprint density at radius 2 is 2.15 bits per heavy atom. The molecule has 4 heteroatoms. The highest BCUT2D eigenvalue weighted by molar-refractivity contribution is 14.1. The van der Waals surface area contributed by atoms with Gasteiger partial charge in [0.15, 0.2) is 23.0 Å². The second kappa shape index (κ2) is 4.45. The van der Waals surface area contributed by atoms with Crippen LogP contribution in [0.1, 0.15) is 11.1 Å². The average molecular weight is 291 g/mol. The Morgan fingerprint density at radius 3 is 2.77 bits per heavy atom. The first kappa shape index (κ1) is 10.3. The molecule has 0 saturated heterocycles. The fourth-order valence-corrected chi connectivity index (χ4v) is 1.13. The SMILES string of the molecule is Cc1cccc(NC(=O)OI)c1C. The number of anilines is 1. The second-order valence-electron chi connectivity index (χ2n) is 2.74. The number of hydrogen-bond acceptors (Lipinski definition) is 2. The van der Waals surface area contributed by atoms with Crippen LogP contribution in [-0.4, -0.2) is 6.09 Å². The molecular weight excluding hydrogens is 281 g/mol. The topological polar surface area (TPSA) is 38.3 Å². The molecule has 0 aliphatic carbocycles. The van der Waals surface area contributed by atoms with Crippen LogP contribution in [0.25, 0.3) is 0 Å². The Morgan fingerprint density at radius 1 is 1.46 bits per heavy atom. The van der Waals surface area contributed by atoms with Crippen molar-refractivity contribution in [2.45, 2.75) is 13.8 Å². The number of rotatable bonds is 1. The van der Waals surface area contributed by atoms with Gasteiger partial charge in [-0.2, -0.15) is 0 Å². The highest BCUT2D eigenvalue weighted by Gasteiger charge is 2.04. The Balaban J connectivity index is 2.89. The molecule has 3 nitrogen and oxygen atoms in total. The van der Waals surface area contributed by atoms with Gasteiger partial charge in [-0.25, -0.2) is 4.79 Å². The lowest BCUT2D eigenvalue weighted by Gasteiger charge is -2.07. The molecule has 0 bridgehead atoms. The first-order valence-corrected chi connectivity index (χ1v) is 4.69. The van der Waals surface area contributed by atoms with Gasteiger partial charge in [0.25, 0.3) is 0 Å². The van der Waals surface area contributed by atoms with E-state index in [2.05, 4.69) is 8.38 Å². The summed E-state index contributed by atoms with van der Waals surface area (Å²) in [5, 5.41) is 2.63. The molecule has 0 heterocycles. The van der Waals surface area contributed by atoms with Gasteiger partial charge in [0, 0.05) is 5.69 Å². The molecule has 1 N–H and O–H groups in total. The number of nitrogens with one attached hydrogen (secondary N) is 1. The number of carbonyl (C=O) groups is 1. The summed E-state index contributed by atoms with van der Waals surface area (Å²) < 4.78 is 4.47. The van der Waals surface area contributed by atoms with Gasteiger partial charge >= 0.3 is 6.09 Å². The van der Waals surface area contributed by atoms with Crippen LogP contribution in [0.2, 0.25) is 0 Å². The predicted molar refractivity (Wildman–Crippen MR) is 60.0 cm³/mol. The minimum absolute atomic E-state index is 0.450. The number of aryl methyl sites for hydroxylation is 1. The molecule has 0 radical (unpaired) electrons. The van der Waals surface area contributed by atoms with Gasteiger partial charge in [0.05, 0.1) is 0 Å². The summed E-state index contributed by atoms with van der Waals surface area (Å²) in [6, 6.07) is 5.73. The van der Waals surface area contributed by atoms with Gasteiger partial charge in [-0.1, -0.05) is 12.1 Å². The van der Waals surface area contributed by atoms with Crippen molar-refractivity contribution in [2.24, 2.45) is 0 Å². The van der Waals surface area contributed by atoms with Crippen LogP contribution < -0.4 is 5.32 Å².